The highest BCUT2D eigenvalue weighted by atomic mass is 16.1. The predicted octanol–water partition coefficient (Wildman–Crippen LogP) is 5.00. The van der Waals surface area contributed by atoms with Crippen molar-refractivity contribution in [3.05, 3.63) is 83.2 Å². The van der Waals surface area contributed by atoms with Crippen molar-refractivity contribution in [3.63, 3.8) is 0 Å². The number of carbonyl (C=O) groups excluding carboxylic acids is 1. The number of aryl methyl sites for hydroxylation is 3. The molecule has 4 nitrogen and oxygen atoms in total. The van der Waals surface area contributed by atoms with Crippen molar-refractivity contribution in [3.8, 4) is 0 Å². The highest BCUT2D eigenvalue weighted by molar-refractivity contribution is 6.04. The maximum Gasteiger partial charge on any atom is 0.257 e. The minimum absolute atomic E-state index is 0.181. The summed E-state index contributed by atoms with van der Waals surface area (Å²) in [5.74, 6) is -0.181. The molecule has 0 fully saturated rings. The predicted molar refractivity (Wildman–Crippen MR) is 103 cm³/mol. The van der Waals surface area contributed by atoms with Crippen molar-refractivity contribution >= 4 is 23.0 Å². The number of rotatable bonds is 4. The zero-order chi connectivity index (χ0) is 17.8. The Morgan fingerprint density at radius 1 is 0.880 bits per heavy atom. The van der Waals surface area contributed by atoms with Gasteiger partial charge in [-0.3, -0.25) is 9.78 Å². The highest BCUT2D eigenvalue weighted by Crippen LogP contribution is 2.26. The van der Waals surface area contributed by atoms with E-state index < -0.39 is 0 Å². The van der Waals surface area contributed by atoms with Crippen molar-refractivity contribution in [2.75, 3.05) is 10.6 Å². The van der Waals surface area contributed by atoms with Crippen LogP contribution in [0.3, 0.4) is 0 Å². The van der Waals surface area contributed by atoms with Gasteiger partial charge in [-0.15, -0.1) is 0 Å². The van der Waals surface area contributed by atoms with E-state index in [0.29, 0.717) is 5.56 Å². The van der Waals surface area contributed by atoms with E-state index in [-0.39, 0.29) is 5.91 Å². The Bertz CT molecular complexity index is 881. The molecule has 0 aliphatic rings. The molecular formula is C21H21N3O. The number of hydrogen-bond donors (Lipinski definition) is 2. The van der Waals surface area contributed by atoms with Crippen LogP contribution in [0.15, 0.2) is 60.9 Å². The van der Waals surface area contributed by atoms with E-state index in [0.717, 1.165) is 28.2 Å². The van der Waals surface area contributed by atoms with Gasteiger partial charge in [0.1, 0.15) is 0 Å². The molecule has 3 rings (SSSR count). The normalized spacial score (nSPS) is 10.4. The monoisotopic (exact) mass is 331 g/mol. The zero-order valence-corrected chi connectivity index (χ0v) is 14.6. The summed E-state index contributed by atoms with van der Waals surface area (Å²) in [6, 6.07) is 15.5. The Kier molecular flexibility index (Phi) is 4.80. The maximum atomic E-state index is 12.4. The molecule has 25 heavy (non-hydrogen) atoms. The summed E-state index contributed by atoms with van der Waals surface area (Å²) in [5.41, 5.74) is 6.67. The number of amides is 1. The molecule has 1 aromatic heterocycles. The van der Waals surface area contributed by atoms with Crippen LogP contribution in [0.4, 0.5) is 17.1 Å². The van der Waals surface area contributed by atoms with Crippen molar-refractivity contribution in [2.24, 2.45) is 0 Å². The molecule has 0 saturated heterocycles. The van der Waals surface area contributed by atoms with E-state index in [1.54, 1.807) is 12.4 Å². The molecule has 0 saturated carbocycles. The molecule has 3 aromatic rings. The zero-order valence-electron chi connectivity index (χ0n) is 14.6. The Labute approximate surface area is 147 Å². The van der Waals surface area contributed by atoms with E-state index in [4.69, 9.17) is 0 Å². The molecule has 1 amide bonds. The summed E-state index contributed by atoms with van der Waals surface area (Å²) in [5, 5.41) is 6.26. The number of aromatic nitrogens is 1. The molecule has 0 aliphatic carbocycles. The summed E-state index contributed by atoms with van der Waals surface area (Å²) in [7, 11) is 0. The SMILES string of the molecule is Cc1cc(C)c(Nc2cncc(C(=O)Nc3ccccc3)c2)c(C)c1. The van der Waals surface area contributed by atoms with E-state index in [9.17, 15) is 4.79 Å². The third-order valence-electron chi connectivity index (χ3n) is 3.98. The van der Waals surface area contributed by atoms with Gasteiger partial charge in [0.15, 0.2) is 0 Å². The number of pyridine rings is 1. The van der Waals surface area contributed by atoms with Crippen molar-refractivity contribution < 1.29 is 4.79 Å². The fourth-order valence-electron chi connectivity index (χ4n) is 2.88. The van der Waals surface area contributed by atoms with Crippen LogP contribution in [0.1, 0.15) is 27.0 Å². The Hall–Kier alpha value is -3.14. The average Bonchev–Trinajstić information content (AvgIpc) is 2.59. The first kappa shape index (κ1) is 16.7. The van der Waals surface area contributed by atoms with Gasteiger partial charge in [-0.05, 0) is 50.1 Å². The Morgan fingerprint density at radius 3 is 2.24 bits per heavy atom. The molecule has 0 bridgehead atoms. The van der Waals surface area contributed by atoms with Crippen LogP contribution in [0.2, 0.25) is 0 Å². The fourth-order valence-corrected chi connectivity index (χ4v) is 2.88. The van der Waals surface area contributed by atoms with E-state index in [1.165, 1.54) is 5.56 Å². The molecule has 0 spiro atoms. The van der Waals surface area contributed by atoms with Crippen LogP contribution in [0, 0.1) is 20.8 Å². The van der Waals surface area contributed by atoms with Gasteiger partial charge >= 0.3 is 0 Å². The van der Waals surface area contributed by atoms with Crippen LogP contribution in [-0.4, -0.2) is 10.9 Å². The van der Waals surface area contributed by atoms with Crippen LogP contribution in [-0.2, 0) is 0 Å². The summed E-state index contributed by atoms with van der Waals surface area (Å²) >= 11 is 0. The average molecular weight is 331 g/mol. The molecule has 1 heterocycles. The number of nitrogens with one attached hydrogen (secondary N) is 2. The van der Waals surface area contributed by atoms with Gasteiger partial charge in [-0.25, -0.2) is 0 Å². The maximum absolute atomic E-state index is 12.4. The Balaban J connectivity index is 1.81. The minimum atomic E-state index is -0.181. The molecule has 0 radical (unpaired) electrons. The summed E-state index contributed by atoms with van der Waals surface area (Å²) in [4.78, 5) is 16.6. The van der Waals surface area contributed by atoms with Gasteiger partial charge < -0.3 is 10.6 Å². The summed E-state index contributed by atoms with van der Waals surface area (Å²) in [6.45, 7) is 6.23. The van der Waals surface area contributed by atoms with Gasteiger partial charge in [-0.2, -0.15) is 0 Å². The summed E-state index contributed by atoms with van der Waals surface area (Å²) < 4.78 is 0. The van der Waals surface area contributed by atoms with Crippen LogP contribution >= 0.6 is 0 Å². The van der Waals surface area contributed by atoms with Crippen molar-refractivity contribution in [1.29, 1.82) is 0 Å². The smallest absolute Gasteiger partial charge is 0.257 e. The first-order valence-electron chi connectivity index (χ1n) is 8.19. The molecular weight excluding hydrogens is 310 g/mol. The second-order valence-corrected chi connectivity index (χ2v) is 6.18. The fraction of sp³-hybridized carbons (Fsp3) is 0.143. The number of para-hydroxylation sites is 1. The first-order valence-corrected chi connectivity index (χ1v) is 8.19. The lowest BCUT2D eigenvalue weighted by atomic mass is 10.0. The van der Waals surface area contributed by atoms with Gasteiger partial charge in [0.05, 0.1) is 17.4 Å². The second kappa shape index (κ2) is 7.18. The van der Waals surface area contributed by atoms with Crippen molar-refractivity contribution in [2.45, 2.75) is 20.8 Å². The van der Waals surface area contributed by atoms with Crippen LogP contribution < -0.4 is 10.6 Å². The first-order chi connectivity index (χ1) is 12.0. The molecule has 0 unspecified atom stereocenters. The van der Waals surface area contributed by atoms with Gasteiger partial charge in [0.25, 0.3) is 5.91 Å². The van der Waals surface area contributed by atoms with E-state index >= 15 is 0 Å². The lowest BCUT2D eigenvalue weighted by Crippen LogP contribution is -2.12. The van der Waals surface area contributed by atoms with Crippen LogP contribution in [0.25, 0.3) is 0 Å². The number of benzene rings is 2. The number of nitrogens with zero attached hydrogens (tertiary/aromatic N) is 1. The lowest BCUT2D eigenvalue weighted by Gasteiger charge is -2.14. The standard InChI is InChI=1S/C21H21N3O/c1-14-9-15(2)20(16(3)10-14)23-19-11-17(12-22-13-19)21(25)24-18-7-5-4-6-8-18/h4-13,23H,1-3H3,(H,24,25). The molecule has 126 valence electrons. The van der Waals surface area contributed by atoms with Gasteiger partial charge in [0, 0.05) is 17.6 Å². The highest BCUT2D eigenvalue weighted by Gasteiger charge is 2.09. The Morgan fingerprint density at radius 2 is 1.56 bits per heavy atom. The summed E-state index contributed by atoms with van der Waals surface area (Å²) in [6.07, 6.45) is 3.29. The minimum Gasteiger partial charge on any atom is -0.354 e. The van der Waals surface area contributed by atoms with Gasteiger partial charge in [0.2, 0.25) is 0 Å². The van der Waals surface area contributed by atoms with Gasteiger partial charge in [-0.1, -0.05) is 35.9 Å². The third kappa shape index (κ3) is 4.04. The van der Waals surface area contributed by atoms with E-state index in [1.807, 2.05) is 36.4 Å². The van der Waals surface area contributed by atoms with E-state index in [2.05, 4.69) is 48.5 Å². The molecule has 4 heteroatoms. The second-order valence-electron chi connectivity index (χ2n) is 6.18. The quantitative estimate of drug-likeness (QED) is 0.707. The number of carbonyl (C=O) groups is 1. The number of anilines is 3. The topological polar surface area (TPSA) is 54.0 Å². The number of hydrogen-bond acceptors (Lipinski definition) is 3. The largest absolute Gasteiger partial charge is 0.354 e. The van der Waals surface area contributed by atoms with Crippen molar-refractivity contribution in [1.82, 2.24) is 4.98 Å². The molecule has 0 atom stereocenters. The molecule has 2 N–H and O–H groups in total. The lowest BCUT2D eigenvalue weighted by molar-refractivity contribution is 0.102. The molecule has 2 aromatic carbocycles. The third-order valence-corrected chi connectivity index (χ3v) is 3.98. The molecule has 0 aliphatic heterocycles. The van der Waals surface area contributed by atoms with Crippen LogP contribution in [0.5, 0.6) is 0 Å².